The van der Waals surface area contributed by atoms with Crippen molar-refractivity contribution in [3.63, 3.8) is 0 Å². The van der Waals surface area contributed by atoms with Crippen LogP contribution in [-0.4, -0.2) is 92.6 Å². The number of methoxy groups -OCH3 is 2. The molecule has 4 amide bonds. The fourth-order valence-corrected chi connectivity index (χ4v) is 3.94. The van der Waals surface area contributed by atoms with Gasteiger partial charge in [-0.25, -0.2) is 4.79 Å². The van der Waals surface area contributed by atoms with Gasteiger partial charge in [0.1, 0.15) is 6.54 Å². The molecule has 2 fully saturated rings. The Morgan fingerprint density at radius 1 is 0.938 bits per heavy atom. The van der Waals surface area contributed by atoms with Gasteiger partial charge in [0, 0.05) is 51.0 Å². The summed E-state index contributed by atoms with van der Waals surface area (Å²) in [6.45, 7) is 2.64. The van der Waals surface area contributed by atoms with E-state index < -0.39 is 0 Å². The maximum absolute atomic E-state index is 12.9. The fraction of sp³-hybridized carbons (Fsp3) is 0.409. The number of rotatable bonds is 6. The van der Waals surface area contributed by atoms with Crippen LogP contribution in [0.3, 0.4) is 0 Å². The van der Waals surface area contributed by atoms with Crippen LogP contribution in [0, 0.1) is 0 Å². The Morgan fingerprint density at radius 2 is 1.66 bits per heavy atom. The molecule has 0 spiro atoms. The minimum atomic E-state index is -0.225. The Balaban J connectivity index is 1.32. The minimum Gasteiger partial charge on any atom is -0.493 e. The van der Waals surface area contributed by atoms with Gasteiger partial charge in [-0.2, -0.15) is 0 Å². The number of furan rings is 1. The quantitative estimate of drug-likeness (QED) is 0.673. The summed E-state index contributed by atoms with van der Waals surface area (Å²) in [7, 11) is 3.10. The molecule has 10 heteroatoms. The summed E-state index contributed by atoms with van der Waals surface area (Å²) in [4.78, 5) is 44.6. The van der Waals surface area contributed by atoms with E-state index in [9.17, 15) is 14.4 Å². The molecular formula is C22H26N4O6. The van der Waals surface area contributed by atoms with Crippen molar-refractivity contribution < 1.29 is 28.3 Å². The van der Waals surface area contributed by atoms with Gasteiger partial charge < -0.3 is 28.6 Å². The molecule has 2 saturated heterocycles. The van der Waals surface area contributed by atoms with Gasteiger partial charge in [-0.05, 0) is 24.3 Å². The van der Waals surface area contributed by atoms with Gasteiger partial charge in [-0.3, -0.25) is 14.5 Å². The van der Waals surface area contributed by atoms with Crippen molar-refractivity contribution in [2.24, 2.45) is 0 Å². The monoisotopic (exact) mass is 442 g/mol. The molecule has 2 aliphatic rings. The average Bonchev–Trinajstić information content (AvgIpc) is 3.49. The van der Waals surface area contributed by atoms with E-state index >= 15 is 0 Å². The number of carbonyl (C=O) groups is 3. The van der Waals surface area contributed by atoms with E-state index in [1.165, 1.54) is 6.26 Å². The smallest absolute Gasteiger partial charge is 0.325 e. The van der Waals surface area contributed by atoms with E-state index in [1.807, 2.05) is 0 Å². The molecule has 0 saturated carbocycles. The van der Waals surface area contributed by atoms with E-state index in [0.717, 1.165) is 0 Å². The summed E-state index contributed by atoms with van der Waals surface area (Å²) in [5, 5.41) is 0. The zero-order chi connectivity index (χ0) is 22.7. The third-order valence-electron chi connectivity index (χ3n) is 5.75. The Hall–Kier alpha value is -3.69. The number of hydrogen-bond acceptors (Lipinski definition) is 6. The lowest BCUT2D eigenvalue weighted by Gasteiger charge is -2.35. The second-order valence-corrected chi connectivity index (χ2v) is 7.55. The first-order valence-electron chi connectivity index (χ1n) is 10.4. The highest BCUT2D eigenvalue weighted by atomic mass is 16.5. The first-order chi connectivity index (χ1) is 15.5. The molecule has 1 aromatic carbocycles. The van der Waals surface area contributed by atoms with Crippen molar-refractivity contribution in [1.82, 2.24) is 14.7 Å². The maximum Gasteiger partial charge on any atom is 0.325 e. The van der Waals surface area contributed by atoms with E-state index in [4.69, 9.17) is 13.9 Å². The summed E-state index contributed by atoms with van der Waals surface area (Å²) in [5.74, 6) is 1.11. The lowest BCUT2D eigenvalue weighted by atomic mass is 10.2. The van der Waals surface area contributed by atoms with Gasteiger partial charge in [0.25, 0.3) is 5.91 Å². The highest BCUT2D eigenvalue weighted by molar-refractivity contribution is 5.97. The molecule has 0 unspecified atom stereocenters. The van der Waals surface area contributed by atoms with Crippen molar-refractivity contribution >= 4 is 23.5 Å². The van der Waals surface area contributed by atoms with Gasteiger partial charge >= 0.3 is 6.03 Å². The van der Waals surface area contributed by atoms with Crippen LogP contribution in [-0.2, 0) is 4.79 Å². The predicted octanol–water partition coefficient (Wildman–Crippen LogP) is 1.52. The summed E-state index contributed by atoms with van der Waals surface area (Å²) in [5.41, 5.74) is 0.688. The number of benzene rings is 1. The molecule has 0 radical (unpaired) electrons. The summed E-state index contributed by atoms with van der Waals surface area (Å²) in [6, 6.07) is 8.36. The van der Waals surface area contributed by atoms with Crippen LogP contribution >= 0.6 is 0 Å². The van der Waals surface area contributed by atoms with E-state index in [2.05, 4.69) is 0 Å². The zero-order valence-corrected chi connectivity index (χ0v) is 18.2. The second-order valence-electron chi connectivity index (χ2n) is 7.55. The van der Waals surface area contributed by atoms with E-state index in [1.54, 1.807) is 64.2 Å². The molecule has 0 N–H and O–H groups in total. The number of amides is 4. The molecule has 170 valence electrons. The standard InChI is InChI=1S/C22H26N4O6/c1-30-17-6-5-16(14-19(17)31-2)26-12-11-25(22(26)29)15-20(27)23-7-9-24(10-8-23)21(28)18-4-3-13-32-18/h3-6,13-14H,7-12,15H2,1-2H3. The van der Waals surface area contributed by atoms with Crippen LogP contribution in [0.25, 0.3) is 0 Å². The number of piperazine rings is 1. The van der Waals surface area contributed by atoms with Gasteiger partial charge in [0.2, 0.25) is 5.91 Å². The van der Waals surface area contributed by atoms with Crippen LogP contribution in [0.2, 0.25) is 0 Å². The molecule has 0 bridgehead atoms. The second kappa shape index (κ2) is 9.21. The Morgan fingerprint density at radius 3 is 2.31 bits per heavy atom. The van der Waals surface area contributed by atoms with Gasteiger partial charge in [-0.1, -0.05) is 0 Å². The van der Waals surface area contributed by atoms with Crippen molar-refractivity contribution in [2.75, 3.05) is 64.9 Å². The SMILES string of the molecule is COc1ccc(N2CCN(CC(=O)N3CCN(C(=O)c4ccco4)CC3)C2=O)cc1OC. The summed E-state index contributed by atoms with van der Waals surface area (Å²) >= 11 is 0. The number of anilines is 1. The Kier molecular flexibility index (Phi) is 6.20. The van der Waals surface area contributed by atoms with Gasteiger partial charge in [0.15, 0.2) is 17.3 Å². The number of hydrogen-bond donors (Lipinski definition) is 0. The summed E-state index contributed by atoms with van der Waals surface area (Å²) in [6.07, 6.45) is 1.46. The topological polar surface area (TPSA) is 95.8 Å². The molecule has 0 aliphatic carbocycles. The molecule has 2 aliphatic heterocycles. The Labute approximate surface area is 185 Å². The largest absolute Gasteiger partial charge is 0.493 e. The number of ether oxygens (including phenoxy) is 2. The van der Waals surface area contributed by atoms with Crippen LogP contribution in [0.1, 0.15) is 10.6 Å². The third kappa shape index (κ3) is 4.20. The predicted molar refractivity (Wildman–Crippen MR) is 115 cm³/mol. The molecule has 32 heavy (non-hydrogen) atoms. The fourth-order valence-electron chi connectivity index (χ4n) is 3.94. The first-order valence-corrected chi connectivity index (χ1v) is 10.4. The number of carbonyl (C=O) groups excluding carboxylic acids is 3. The molecule has 0 atom stereocenters. The average molecular weight is 442 g/mol. The van der Waals surface area contributed by atoms with Crippen LogP contribution < -0.4 is 14.4 Å². The molecule has 2 aromatic rings. The molecule has 3 heterocycles. The maximum atomic E-state index is 12.9. The van der Waals surface area contributed by atoms with Crippen LogP contribution in [0.4, 0.5) is 10.5 Å². The van der Waals surface area contributed by atoms with E-state index in [-0.39, 0.29) is 24.4 Å². The molecule has 10 nitrogen and oxygen atoms in total. The lowest BCUT2D eigenvalue weighted by Crippen LogP contribution is -2.52. The van der Waals surface area contributed by atoms with Gasteiger partial charge in [-0.15, -0.1) is 0 Å². The summed E-state index contributed by atoms with van der Waals surface area (Å²) < 4.78 is 15.7. The van der Waals surface area contributed by atoms with E-state index in [0.29, 0.717) is 62.2 Å². The number of nitrogens with zero attached hydrogens (tertiary/aromatic N) is 4. The minimum absolute atomic E-state index is 0.00868. The highest BCUT2D eigenvalue weighted by Gasteiger charge is 2.33. The van der Waals surface area contributed by atoms with Crippen molar-refractivity contribution in [3.05, 3.63) is 42.4 Å². The van der Waals surface area contributed by atoms with Crippen LogP contribution in [0.15, 0.2) is 41.0 Å². The molecule has 4 rings (SSSR count). The Bertz CT molecular complexity index is 984. The van der Waals surface area contributed by atoms with Gasteiger partial charge in [0.05, 0.1) is 20.5 Å². The zero-order valence-electron chi connectivity index (χ0n) is 18.2. The normalized spacial score (nSPS) is 16.5. The van der Waals surface area contributed by atoms with Crippen molar-refractivity contribution in [3.8, 4) is 11.5 Å². The highest BCUT2D eigenvalue weighted by Crippen LogP contribution is 2.32. The van der Waals surface area contributed by atoms with Crippen LogP contribution in [0.5, 0.6) is 11.5 Å². The molecular weight excluding hydrogens is 416 g/mol. The first kappa shape index (κ1) is 21.5. The molecule has 1 aromatic heterocycles. The van der Waals surface area contributed by atoms with Crippen molar-refractivity contribution in [1.29, 1.82) is 0 Å². The van der Waals surface area contributed by atoms with Crippen molar-refractivity contribution in [2.45, 2.75) is 0 Å². The third-order valence-corrected chi connectivity index (χ3v) is 5.75. The number of urea groups is 1. The lowest BCUT2D eigenvalue weighted by molar-refractivity contribution is -0.133.